The van der Waals surface area contributed by atoms with E-state index in [1.54, 1.807) is 0 Å². The molecule has 0 aromatic heterocycles. The van der Waals surface area contributed by atoms with Crippen LogP contribution in [-0.4, -0.2) is 15.5 Å². The molecule has 2 aromatic carbocycles. The van der Waals surface area contributed by atoms with Crippen molar-refractivity contribution in [1.29, 1.82) is 0 Å². The molecule has 0 aliphatic rings. The van der Waals surface area contributed by atoms with Crippen LogP contribution in [-0.2, 0) is 10.0 Å². The summed E-state index contributed by atoms with van der Waals surface area (Å²) in [4.78, 5) is -0.264. The molecule has 0 saturated heterocycles. The molecule has 0 atom stereocenters. The average Bonchev–Trinajstić information content (AvgIpc) is 2.41. The van der Waals surface area contributed by atoms with Gasteiger partial charge in [0.05, 0.1) is 22.2 Å². The van der Waals surface area contributed by atoms with Gasteiger partial charge in [0, 0.05) is 6.07 Å². The van der Waals surface area contributed by atoms with Crippen LogP contribution in [0.25, 0.3) is 0 Å². The summed E-state index contributed by atoms with van der Waals surface area (Å²) < 4.78 is 58.1. The number of methoxy groups -OCH3 is 1. The molecular formula is C13H10BrF2NO3S. The zero-order valence-electron chi connectivity index (χ0n) is 10.7. The number of hydrogen-bond donors (Lipinski definition) is 1. The Labute approximate surface area is 128 Å². The highest BCUT2D eigenvalue weighted by molar-refractivity contribution is 9.10. The van der Waals surface area contributed by atoms with Crippen LogP contribution in [0.5, 0.6) is 5.75 Å². The summed E-state index contributed by atoms with van der Waals surface area (Å²) in [6.45, 7) is 0. The second-order valence-electron chi connectivity index (χ2n) is 4.03. The summed E-state index contributed by atoms with van der Waals surface area (Å²) in [5.74, 6) is -1.42. The molecule has 0 amide bonds. The first-order valence-corrected chi connectivity index (χ1v) is 7.92. The lowest BCUT2D eigenvalue weighted by molar-refractivity contribution is 0.386. The minimum atomic E-state index is -4.01. The third-order valence-electron chi connectivity index (χ3n) is 2.61. The van der Waals surface area contributed by atoms with Crippen molar-refractivity contribution in [3.8, 4) is 5.75 Å². The quantitative estimate of drug-likeness (QED) is 0.886. The maximum atomic E-state index is 13.5. The monoisotopic (exact) mass is 377 g/mol. The predicted molar refractivity (Wildman–Crippen MR) is 77.9 cm³/mol. The van der Waals surface area contributed by atoms with E-state index in [9.17, 15) is 17.2 Å². The average molecular weight is 378 g/mol. The molecule has 112 valence electrons. The highest BCUT2D eigenvalue weighted by Gasteiger charge is 2.17. The number of ether oxygens (including phenoxy) is 1. The van der Waals surface area contributed by atoms with Crippen molar-refractivity contribution >= 4 is 31.6 Å². The number of sulfonamides is 1. The fraction of sp³-hybridized carbons (Fsp3) is 0.0769. The smallest absolute Gasteiger partial charge is 0.261 e. The van der Waals surface area contributed by atoms with Gasteiger partial charge < -0.3 is 4.74 Å². The molecule has 0 saturated carbocycles. The Bertz CT molecular complexity index is 781. The molecule has 0 aliphatic carbocycles. The third kappa shape index (κ3) is 3.51. The summed E-state index contributed by atoms with van der Waals surface area (Å²) in [5.41, 5.74) is 0.0108. The van der Waals surface area contributed by atoms with E-state index in [1.807, 2.05) is 0 Å². The van der Waals surface area contributed by atoms with Gasteiger partial charge >= 0.3 is 0 Å². The first-order chi connectivity index (χ1) is 9.83. The second kappa shape index (κ2) is 5.98. The van der Waals surface area contributed by atoms with E-state index in [0.717, 1.165) is 12.1 Å². The van der Waals surface area contributed by atoms with Crippen LogP contribution >= 0.6 is 15.9 Å². The fourth-order valence-corrected chi connectivity index (χ4v) is 2.90. The Morgan fingerprint density at radius 3 is 2.38 bits per heavy atom. The van der Waals surface area contributed by atoms with Crippen molar-refractivity contribution in [2.75, 3.05) is 11.8 Å². The van der Waals surface area contributed by atoms with Gasteiger partial charge in [0.1, 0.15) is 5.82 Å². The normalized spacial score (nSPS) is 11.2. The van der Waals surface area contributed by atoms with E-state index >= 15 is 0 Å². The Morgan fingerprint density at radius 2 is 1.81 bits per heavy atom. The summed E-state index contributed by atoms with van der Waals surface area (Å²) >= 11 is 2.93. The lowest BCUT2D eigenvalue weighted by Gasteiger charge is -2.10. The Morgan fingerprint density at radius 1 is 1.10 bits per heavy atom. The Hall–Kier alpha value is -1.67. The standard InChI is InChI=1S/C13H10BrF2NO3S/c1-20-13-5-2-8(6-12(13)16)17-21(18,19)9-3-4-10(14)11(15)7-9/h2-7,17H,1H3. The van der Waals surface area contributed by atoms with Gasteiger partial charge in [-0.3, -0.25) is 4.72 Å². The summed E-state index contributed by atoms with van der Waals surface area (Å²) in [6.07, 6.45) is 0. The zero-order valence-corrected chi connectivity index (χ0v) is 13.1. The summed E-state index contributed by atoms with van der Waals surface area (Å²) in [5, 5.41) is 0. The molecule has 1 N–H and O–H groups in total. The van der Waals surface area contributed by atoms with Gasteiger partial charge in [0.15, 0.2) is 11.6 Å². The SMILES string of the molecule is COc1ccc(NS(=O)(=O)c2ccc(Br)c(F)c2)cc1F. The maximum Gasteiger partial charge on any atom is 0.261 e. The van der Waals surface area contributed by atoms with Crippen LogP contribution in [0.2, 0.25) is 0 Å². The van der Waals surface area contributed by atoms with Crippen LogP contribution in [0, 0.1) is 11.6 Å². The minimum absolute atomic E-state index is 0.00682. The maximum absolute atomic E-state index is 13.5. The molecule has 0 spiro atoms. The number of benzene rings is 2. The van der Waals surface area contributed by atoms with Gasteiger partial charge in [-0.1, -0.05) is 0 Å². The van der Waals surface area contributed by atoms with E-state index in [1.165, 1.54) is 31.4 Å². The van der Waals surface area contributed by atoms with Crippen LogP contribution < -0.4 is 9.46 Å². The second-order valence-corrected chi connectivity index (χ2v) is 6.57. The van der Waals surface area contributed by atoms with Crippen molar-refractivity contribution in [3.63, 3.8) is 0 Å². The van der Waals surface area contributed by atoms with Gasteiger partial charge in [0.25, 0.3) is 10.0 Å². The summed E-state index contributed by atoms with van der Waals surface area (Å²) in [7, 11) is -2.71. The zero-order chi connectivity index (χ0) is 15.6. The Balaban J connectivity index is 2.32. The van der Waals surface area contributed by atoms with Crippen molar-refractivity contribution < 1.29 is 21.9 Å². The van der Waals surface area contributed by atoms with E-state index in [-0.39, 0.29) is 20.8 Å². The molecule has 0 unspecified atom stereocenters. The topological polar surface area (TPSA) is 55.4 Å². The first-order valence-electron chi connectivity index (χ1n) is 5.65. The molecule has 8 heteroatoms. The van der Waals surface area contributed by atoms with Crippen LogP contribution in [0.15, 0.2) is 45.8 Å². The lowest BCUT2D eigenvalue weighted by atomic mass is 10.3. The Kier molecular flexibility index (Phi) is 4.48. The van der Waals surface area contributed by atoms with Crippen LogP contribution in [0.4, 0.5) is 14.5 Å². The van der Waals surface area contributed by atoms with E-state index in [0.29, 0.717) is 0 Å². The molecule has 0 fully saturated rings. The van der Waals surface area contributed by atoms with Crippen molar-refractivity contribution in [1.82, 2.24) is 0 Å². The molecule has 0 radical (unpaired) electrons. The van der Waals surface area contributed by atoms with Gasteiger partial charge in [-0.15, -0.1) is 0 Å². The molecule has 0 bridgehead atoms. The van der Waals surface area contributed by atoms with Gasteiger partial charge in [-0.2, -0.15) is 0 Å². The molecule has 2 aromatic rings. The fourth-order valence-electron chi connectivity index (χ4n) is 1.59. The molecule has 2 rings (SSSR count). The van der Waals surface area contributed by atoms with Crippen molar-refractivity contribution in [3.05, 3.63) is 52.5 Å². The predicted octanol–water partition coefficient (Wildman–Crippen LogP) is 3.54. The number of halogens is 3. The van der Waals surface area contributed by atoms with Gasteiger partial charge in [0.2, 0.25) is 0 Å². The largest absolute Gasteiger partial charge is 0.494 e. The molecule has 21 heavy (non-hydrogen) atoms. The lowest BCUT2D eigenvalue weighted by Crippen LogP contribution is -2.13. The molecule has 4 nitrogen and oxygen atoms in total. The first kappa shape index (κ1) is 15.7. The van der Waals surface area contributed by atoms with Crippen LogP contribution in [0.3, 0.4) is 0 Å². The summed E-state index contributed by atoms with van der Waals surface area (Å²) in [6, 6.07) is 6.98. The number of nitrogens with one attached hydrogen (secondary N) is 1. The van der Waals surface area contributed by atoms with E-state index in [4.69, 9.17) is 4.74 Å². The highest BCUT2D eigenvalue weighted by atomic mass is 79.9. The number of hydrogen-bond acceptors (Lipinski definition) is 3. The third-order valence-corrected chi connectivity index (χ3v) is 4.63. The molecule has 0 aliphatic heterocycles. The van der Waals surface area contributed by atoms with Gasteiger partial charge in [-0.05, 0) is 46.3 Å². The van der Waals surface area contributed by atoms with Gasteiger partial charge in [-0.25, -0.2) is 17.2 Å². The molecular weight excluding hydrogens is 368 g/mol. The molecule has 0 heterocycles. The van der Waals surface area contributed by atoms with E-state index in [2.05, 4.69) is 20.7 Å². The minimum Gasteiger partial charge on any atom is -0.494 e. The van der Waals surface area contributed by atoms with Crippen molar-refractivity contribution in [2.45, 2.75) is 4.90 Å². The van der Waals surface area contributed by atoms with Crippen LogP contribution in [0.1, 0.15) is 0 Å². The number of anilines is 1. The van der Waals surface area contributed by atoms with Crippen molar-refractivity contribution in [2.24, 2.45) is 0 Å². The van der Waals surface area contributed by atoms with E-state index < -0.39 is 21.7 Å². The number of rotatable bonds is 4. The highest BCUT2D eigenvalue weighted by Crippen LogP contribution is 2.24.